The number of oxazole rings is 1. The number of hydrogen-bond acceptors (Lipinski definition) is 4. The van der Waals surface area contributed by atoms with Crippen molar-refractivity contribution in [1.29, 1.82) is 0 Å². The second-order valence-corrected chi connectivity index (χ2v) is 7.42. The highest BCUT2D eigenvalue weighted by molar-refractivity contribution is 5.99. The van der Waals surface area contributed by atoms with Crippen molar-refractivity contribution in [2.45, 2.75) is 47.0 Å². The molecule has 0 spiro atoms. The van der Waals surface area contributed by atoms with Gasteiger partial charge in [-0.25, -0.2) is 9.97 Å². The molecule has 0 radical (unpaired) electrons. The molecule has 4 nitrogen and oxygen atoms in total. The van der Waals surface area contributed by atoms with Gasteiger partial charge in [-0.3, -0.25) is 4.99 Å². The predicted molar refractivity (Wildman–Crippen MR) is 124 cm³/mol. The van der Waals surface area contributed by atoms with E-state index in [0.717, 1.165) is 47.5 Å². The zero-order valence-corrected chi connectivity index (χ0v) is 18.1. The molecule has 0 N–H and O–H groups in total. The molecule has 0 saturated heterocycles. The summed E-state index contributed by atoms with van der Waals surface area (Å²) in [4.78, 5) is 14.4. The number of fused-ring (bicyclic) bond motifs is 1. The molecule has 2 heterocycles. The molecule has 4 rings (SSSR count). The van der Waals surface area contributed by atoms with Crippen LogP contribution in [0.15, 0.2) is 64.0 Å². The summed E-state index contributed by atoms with van der Waals surface area (Å²) in [5.74, 6) is 0.529. The fraction of sp³-hybridized carbons (Fsp3) is 0.269. The van der Waals surface area contributed by atoms with Crippen LogP contribution in [0.3, 0.4) is 0 Å². The number of benzene rings is 2. The van der Waals surface area contributed by atoms with E-state index in [1.54, 1.807) is 0 Å². The average molecular weight is 398 g/mol. The molecular weight excluding hydrogens is 370 g/mol. The summed E-state index contributed by atoms with van der Waals surface area (Å²) in [5.41, 5.74) is 9.08. The SMILES string of the molecule is CCc1cc(CC)c(N=C(C)c2cccc(-c3nc4ccccc4o3)n2)c(CC)c1. The molecule has 0 amide bonds. The Balaban J connectivity index is 1.75. The van der Waals surface area contributed by atoms with Crippen molar-refractivity contribution in [3.63, 3.8) is 0 Å². The first kappa shape index (κ1) is 20.0. The van der Waals surface area contributed by atoms with Crippen molar-refractivity contribution in [3.8, 4) is 11.6 Å². The number of hydrogen-bond donors (Lipinski definition) is 0. The maximum atomic E-state index is 5.89. The quantitative estimate of drug-likeness (QED) is 0.339. The summed E-state index contributed by atoms with van der Waals surface area (Å²) in [6.45, 7) is 8.60. The Bertz CT molecular complexity index is 1160. The molecule has 0 aliphatic heterocycles. The number of aryl methyl sites for hydroxylation is 3. The smallest absolute Gasteiger partial charge is 0.246 e. The van der Waals surface area contributed by atoms with Gasteiger partial charge in [0, 0.05) is 0 Å². The number of nitrogens with zero attached hydrogens (tertiary/aromatic N) is 3. The largest absolute Gasteiger partial charge is 0.435 e. The van der Waals surface area contributed by atoms with Gasteiger partial charge in [0.2, 0.25) is 5.89 Å². The summed E-state index contributed by atoms with van der Waals surface area (Å²) < 4.78 is 5.89. The topological polar surface area (TPSA) is 51.3 Å². The Hall–Kier alpha value is -3.27. The van der Waals surface area contributed by atoms with Gasteiger partial charge in [0.15, 0.2) is 5.58 Å². The normalized spacial score (nSPS) is 11.9. The van der Waals surface area contributed by atoms with Crippen LogP contribution < -0.4 is 0 Å². The minimum absolute atomic E-state index is 0.529. The molecule has 30 heavy (non-hydrogen) atoms. The number of para-hydroxylation sites is 2. The van der Waals surface area contributed by atoms with Gasteiger partial charge in [0.1, 0.15) is 11.2 Å². The first-order chi connectivity index (χ1) is 14.6. The van der Waals surface area contributed by atoms with Crippen LogP contribution in [-0.4, -0.2) is 15.7 Å². The van der Waals surface area contributed by atoms with E-state index in [4.69, 9.17) is 14.4 Å². The lowest BCUT2D eigenvalue weighted by Gasteiger charge is -2.13. The lowest BCUT2D eigenvalue weighted by Crippen LogP contribution is -2.01. The minimum Gasteiger partial charge on any atom is -0.435 e. The van der Waals surface area contributed by atoms with Crippen LogP contribution >= 0.6 is 0 Å². The van der Waals surface area contributed by atoms with E-state index in [9.17, 15) is 0 Å². The van der Waals surface area contributed by atoms with E-state index in [1.165, 1.54) is 16.7 Å². The Labute approximate surface area is 177 Å². The Morgan fingerprint density at radius 1 is 0.867 bits per heavy atom. The van der Waals surface area contributed by atoms with Gasteiger partial charge in [-0.2, -0.15) is 0 Å². The van der Waals surface area contributed by atoms with E-state index in [1.807, 2.05) is 49.4 Å². The molecule has 0 saturated carbocycles. The number of pyridine rings is 1. The maximum absolute atomic E-state index is 5.89. The number of rotatable bonds is 6. The summed E-state index contributed by atoms with van der Waals surface area (Å²) >= 11 is 0. The van der Waals surface area contributed by atoms with Crippen molar-refractivity contribution in [1.82, 2.24) is 9.97 Å². The van der Waals surface area contributed by atoms with Crippen molar-refractivity contribution < 1.29 is 4.42 Å². The zero-order valence-electron chi connectivity index (χ0n) is 18.1. The standard InChI is InChI=1S/C26H27N3O/c1-5-18-15-19(6-2)25(20(7-3)16-18)27-17(4)21-12-10-13-23(28-21)26-29-22-11-8-9-14-24(22)30-26/h8-16H,5-7H2,1-4H3. The first-order valence-corrected chi connectivity index (χ1v) is 10.7. The number of aromatic nitrogens is 2. The molecule has 2 aromatic carbocycles. The van der Waals surface area contributed by atoms with Crippen molar-refractivity contribution in [2.75, 3.05) is 0 Å². The summed E-state index contributed by atoms with van der Waals surface area (Å²) in [5, 5.41) is 0. The highest BCUT2D eigenvalue weighted by atomic mass is 16.3. The van der Waals surface area contributed by atoms with E-state index in [-0.39, 0.29) is 0 Å². The lowest BCUT2D eigenvalue weighted by atomic mass is 9.98. The van der Waals surface area contributed by atoms with Crippen LogP contribution in [0.2, 0.25) is 0 Å². The highest BCUT2D eigenvalue weighted by Crippen LogP contribution is 2.29. The second kappa shape index (κ2) is 8.62. The van der Waals surface area contributed by atoms with Gasteiger partial charge in [-0.05, 0) is 67.1 Å². The van der Waals surface area contributed by atoms with Crippen LogP contribution in [0.5, 0.6) is 0 Å². The third kappa shape index (κ3) is 3.90. The average Bonchev–Trinajstić information content (AvgIpc) is 3.23. The molecule has 0 fully saturated rings. The van der Waals surface area contributed by atoms with E-state index < -0.39 is 0 Å². The summed E-state index contributed by atoms with van der Waals surface area (Å²) in [6, 6.07) is 18.2. The molecule has 4 heteroatoms. The van der Waals surface area contributed by atoms with Gasteiger partial charge in [0.05, 0.1) is 17.1 Å². The maximum Gasteiger partial charge on any atom is 0.246 e. The van der Waals surface area contributed by atoms with E-state index >= 15 is 0 Å². The van der Waals surface area contributed by atoms with Crippen LogP contribution in [0.25, 0.3) is 22.7 Å². The lowest BCUT2D eigenvalue weighted by molar-refractivity contribution is 0.616. The first-order valence-electron chi connectivity index (χ1n) is 10.7. The van der Waals surface area contributed by atoms with E-state index in [0.29, 0.717) is 11.6 Å². The van der Waals surface area contributed by atoms with Crippen molar-refractivity contribution in [3.05, 3.63) is 77.0 Å². The molecule has 0 atom stereocenters. The third-order valence-corrected chi connectivity index (χ3v) is 5.41. The fourth-order valence-corrected chi connectivity index (χ4v) is 3.68. The fourth-order valence-electron chi connectivity index (χ4n) is 3.68. The molecular formula is C26H27N3O. The molecule has 0 aliphatic carbocycles. The van der Waals surface area contributed by atoms with Gasteiger partial charge in [-0.1, -0.05) is 51.1 Å². The van der Waals surface area contributed by atoms with Gasteiger partial charge in [0.25, 0.3) is 0 Å². The van der Waals surface area contributed by atoms with Crippen LogP contribution in [0, 0.1) is 0 Å². The minimum atomic E-state index is 0.529. The van der Waals surface area contributed by atoms with Gasteiger partial charge >= 0.3 is 0 Å². The Kier molecular flexibility index (Phi) is 5.75. The molecule has 0 aliphatic rings. The second-order valence-electron chi connectivity index (χ2n) is 7.42. The zero-order chi connectivity index (χ0) is 21.1. The van der Waals surface area contributed by atoms with E-state index in [2.05, 4.69) is 37.9 Å². The Morgan fingerprint density at radius 2 is 1.60 bits per heavy atom. The molecule has 2 aromatic heterocycles. The Morgan fingerprint density at radius 3 is 2.27 bits per heavy atom. The summed E-state index contributed by atoms with van der Waals surface area (Å²) in [7, 11) is 0. The number of aliphatic imine (C=N–C) groups is 1. The van der Waals surface area contributed by atoms with Crippen LogP contribution in [-0.2, 0) is 19.3 Å². The monoisotopic (exact) mass is 397 g/mol. The van der Waals surface area contributed by atoms with Crippen molar-refractivity contribution in [2.24, 2.45) is 4.99 Å². The van der Waals surface area contributed by atoms with Crippen molar-refractivity contribution >= 4 is 22.5 Å². The van der Waals surface area contributed by atoms with Gasteiger partial charge < -0.3 is 4.42 Å². The predicted octanol–water partition coefficient (Wildman–Crippen LogP) is 6.72. The summed E-state index contributed by atoms with van der Waals surface area (Å²) in [6.07, 6.45) is 2.96. The molecule has 0 unspecified atom stereocenters. The molecule has 4 aromatic rings. The van der Waals surface area contributed by atoms with Crippen LogP contribution in [0.1, 0.15) is 50.1 Å². The molecule has 152 valence electrons. The van der Waals surface area contributed by atoms with Gasteiger partial charge in [-0.15, -0.1) is 0 Å². The third-order valence-electron chi connectivity index (χ3n) is 5.41. The highest BCUT2D eigenvalue weighted by Gasteiger charge is 2.12. The molecule has 0 bridgehead atoms. The van der Waals surface area contributed by atoms with Crippen LogP contribution in [0.4, 0.5) is 5.69 Å².